The van der Waals surface area contributed by atoms with Crippen molar-refractivity contribution < 1.29 is 0 Å². The van der Waals surface area contributed by atoms with Crippen molar-refractivity contribution in [2.45, 2.75) is 13.1 Å². The molecule has 0 unspecified atom stereocenters. The highest BCUT2D eigenvalue weighted by Crippen LogP contribution is 2.19. The van der Waals surface area contributed by atoms with Gasteiger partial charge in [-0.15, -0.1) is 0 Å². The predicted octanol–water partition coefficient (Wildman–Crippen LogP) is 2.70. The Balaban J connectivity index is 1.63. The van der Waals surface area contributed by atoms with Crippen molar-refractivity contribution in [2.75, 3.05) is 6.54 Å². The van der Waals surface area contributed by atoms with E-state index >= 15 is 0 Å². The Bertz CT molecular complexity index is 768. The first-order chi connectivity index (χ1) is 10.4. The van der Waals surface area contributed by atoms with Crippen LogP contribution in [0.2, 0.25) is 0 Å². The third-order valence-electron chi connectivity index (χ3n) is 3.52. The number of aromatic nitrogens is 2. The minimum atomic E-state index is 0.731. The van der Waals surface area contributed by atoms with Crippen molar-refractivity contribution in [2.24, 2.45) is 0 Å². The van der Waals surface area contributed by atoms with Gasteiger partial charge < -0.3 is 9.88 Å². The first kappa shape index (κ1) is 13.3. The summed E-state index contributed by atoms with van der Waals surface area (Å²) in [5.41, 5.74) is 3.02. The molecule has 0 aliphatic heterocycles. The Labute approximate surface area is 123 Å². The van der Waals surface area contributed by atoms with Crippen LogP contribution in [0.4, 0.5) is 0 Å². The molecule has 0 fully saturated rings. The fourth-order valence-electron chi connectivity index (χ4n) is 2.45. The van der Waals surface area contributed by atoms with Gasteiger partial charge in [-0.25, -0.2) is 0 Å². The lowest BCUT2D eigenvalue weighted by Gasteiger charge is -2.07. The van der Waals surface area contributed by atoms with E-state index in [9.17, 15) is 0 Å². The van der Waals surface area contributed by atoms with Crippen LogP contribution in [0.3, 0.4) is 0 Å². The topological polar surface area (TPSA) is 53.6 Å². The van der Waals surface area contributed by atoms with Crippen LogP contribution in [-0.2, 0) is 13.1 Å². The summed E-state index contributed by atoms with van der Waals surface area (Å²) < 4.78 is 2.17. The minimum absolute atomic E-state index is 0.731. The lowest BCUT2D eigenvalue weighted by Crippen LogP contribution is -2.19. The van der Waals surface area contributed by atoms with Crippen molar-refractivity contribution >= 4 is 10.9 Å². The molecule has 1 N–H and O–H groups in total. The number of benzene rings is 1. The lowest BCUT2D eigenvalue weighted by molar-refractivity contribution is 0.608. The van der Waals surface area contributed by atoms with Gasteiger partial charge in [0.05, 0.1) is 11.6 Å². The molecule has 0 saturated heterocycles. The quantitative estimate of drug-likeness (QED) is 0.729. The van der Waals surface area contributed by atoms with Crippen LogP contribution in [0.5, 0.6) is 0 Å². The lowest BCUT2D eigenvalue weighted by atomic mass is 10.1. The summed E-state index contributed by atoms with van der Waals surface area (Å²) in [5.74, 6) is 0. The molecule has 2 aromatic heterocycles. The maximum absolute atomic E-state index is 9.11. The molecule has 0 spiro atoms. The average Bonchev–Trinajstić information content (AvgIpc) is 2.96. The van der Waals surface area contributed by atoms with Gasteiger partial charge in [-0.05, 0) is 29.8 Å². The monoisotopic (exact) mass is 276 g/mol. The Kier molecular flexibility index (Phi) is 3.95. The Morgan fingerprint density at radius 2 is 2.14 bits per heavy atom. The summed E-state index contributed by atoms with van der Waals surface area (Å²) in [4.78, 5) is 4.10. The smallest absolute Gasteiger partial charge is 0.0998 e. The van der Waals surface area contributed by atoms with Crippen LogP contribution in [0.15, 0.2) is 55.0 Å². The molecule has 0 radical (unpaired) electrons. The summed E-state index contributed by atoms with van der Waals surface area (Å²) in [6.07, 6.45) is 5.69. The zero-order valence-electron chi connectivity index (χ0n) is 11.7. The Hall–Kier alpha value is -2.64. The molecule has 1 aromatic carbocycles. The third-order valence-corrected chi connectivity index (χ3v) is 3.52. The first-order valence-electron chi connectivity index (χ1n) is 6.96. The SMILES string of the molecule is N#Cc1cccc2c1ccn2CCNCc1cccnc1. The molecule has 4 nitrogen and oxygen atoms in total. The van der Waals surface area contributed by atoms with Crippen molar-refractivity contribution in [3.05, 3.63) is 66.1 Å². The zero-order chi connectivity index (χ0) is 14.5. The van der Waals surface area contributed by atoms with E-state index in [2.05, 4.69) is 33.1 Å². The minimum Gasteiger partial charge on any atom is -0.346 e. The second-order valence-corrected chi connectivity index (χ2v) is 4.90. The fourth-order valence-corrected chi connectivity index (χ4v) is 2.45. The Morgan fingerprint density at radius 3 is 2.95 bits per heavy atom. The third kappa shape index (κ3) is 2.93. The summed E-state index contributed by atoms with van der Waals surface area (Å²) in [6, 6.07) is 14.1. The van der Waals surface area contributed by atoms with Crippen LogP contribution in [-0.4, -0.2) is 16.1 Å². The zero-order valence-corrected chi connectivity index (χ0v) is 11.7. The van der Waals surface area contributed by atoms with Crippen molar-refractivity contribution in [3.63, 3.8) is 0 Å². The molecular weight excluding hydrogens is 260 g/mol. The van der Waals surface area contributed by atoms with Crippen molar-refractivity contribution in [1.82, 2.24) is 14.9 Å². The number of nitriles is 1. The van der Waals surface area contributed by atoms with Crippen molar-refractivity contribution in [3.8, 4) is 6.07 Å². The Morgan fingerprint density at radius 1 is 1.19 bits per heavy atom. The number of hydrogen-bond acceptors (Lipinski definition) is 3. The summed E-state index contributed by atoms with van der Waals surface area (Å²) >= 11 is 0. The molecular formula is C17H16N4. The molecule has 21 heavy (non-hydrogen) atoms. The molecule has 104 valence electrons. The van der Waals surface area contributed by atoms with E-state index in [1.165, 1.54) is 5.56 Å². The largest absolute Gasteiger partial charge is 0.346 e. The number of rotatable bonds is 5. The van der Waals surface area contributed by atoms with Gasteiger partial charge in [0.1, 0.15) is 0 Å². The molecule has 3 aromatic rings. The van der Waals surface area contributed by atoms with E-state index in [4.69, 9.17) is 5.26 Å². The number of nitrogens with zero attached hydrogens (tertiary/aromatic N) is 3. The van der Waals surface area contributed by atoms with E-state index < -0.39 is 0 Å². The van der Waals surface area contributed by atoms with Gasteiger partial charge >= 0.3 is 0 Å². The van der Waals surface area contributed by atoms with Crippen LogP contribution in [0, 0.1) is 11.3 Å². The molecule has 0 atom stereocenters. The van der Waals surface area contributed by atoms with Gasteiger partial charge in [0, 0.05) is 49.1 Å². The first-order valence-corrected chi connectivity index (χ1v) is 6.96. The number of pyridine rings is 1. The van der Waals surface area contributed by atoms with E-state index in [1.807, 2.05) is 36.7 Å². The normalized spacial score (nSPS) is 10.6. The van der Waals surface area contributed by atoms with E-state index in [1.54, 1.807) is 6.20 Å². The second-order valence-electron chi connectivity index (χ2n) is 4.90. The number of fused-ring (bicyclic) bond motifs is 1. The van der Waals surface area contributed by atoms with Crippen LogP contribution in [0.1, 0.15) is 11.1 Å². The van der Waals surface area contributed by atoms with Gasteiger partial charge in [0.2, 0.25) is 0 Å². The van der Waals surface area contributed by atoms with Gasteiger partial charge in [0.25, 0.3) is 0 Å². The highest BCUT2D eigenvalue weighted by molar-refractivity contribution is 5.85. The second kappa shape index (κ2) is 6.21. The maximum Gasteiger partial charge on any atom is 0.0998 e. The molecule has 2 heterocycles. The maximum atomic E-state index is 9.11. The van der Waals surface area contributed by atoms with Gasteiger partial charge in [-0.2, -0.15) is 5.26 Å². The van der Waals surface area contributed by atoms with Crippen molar-refractivity contribution in [1.29, 1.82) is 5.26 Å². The highest BCUT2D eigenvalue weighted by atomic mass is 15.0. The molecule has 0 amide bonds. The van der Waals surface area contributed by atoms with E-state index in [0.29, 0.717) is 0 Å². The van der Waals surface area contributed by atoms with E-state index in [-0.39, 0.29) is 0 Å². The molecule has 4 heteroatoms. The molecule has 3 rings (SSSR count). The van der Waals surface area contributed by atoms with Crippen LogP contribution in [0.25, 0.3) is 10.9 Å². The molecule has 0 aliphatic rings. The van der Waals surface area contributed by atoms with Gasteiger partial charge in [-0.3, -0.25) is 4.98 Å². The van der Waals surface area contributed by atoms with Crippen LogP contribution < -0.4 is 5.32 Å². The fraction of sp³-hybridized carbons (Fsp3) is 0.176. The average molecular weight is 276 g/mol. The summed E-state index contributed by atoms with van der Waals surface area (Å²) in [6.45, 7) is 2.56. The van der Waals surface area contributed by atoms with Crippen LogP contribution >= 0.6 is 0 Å². The van der Waals surface area contributed by atoms with E-state index in [0.717, 1.165) is 36.1 Å². The van der Waals surface area contributed by atoms with Gasteiger partial charge in [0.15, 0.2) is 0 Å². The number of nitrogens with one attached hydrogen (secondary N) is 1. The summed E-state index contributed by atoms with van der Waals surface area (Å²) in [5, 5.41) is 13.5. The number of hydrogen-bond donors (Lipinski definition) is 1. The molecule has 0 saturated carbocycles. The standard InChI is InChI=1S/C17H16N4/c18-11-15-4-1-5-17-16(15)6-9-21(17)10-8-20-13-14-3-2-7-19-12-14/h1-7,9,12,20H,8,10,13H2. The molecule has 0 bridgehead atoms. The highest BCUT2D eigenvalue weighted by Gasteiger charge is 2.04. The van der Waals surface area contributed by atoms with Gasteiger partial charge in [-0.1, -0.05) is 12.1 Å². The molecule has 0 aliphatic carbocycles. The summed E-state index contributed by atoms with van der Waals surface area (Å²) in [7, 11) is 0. The predicted molar refractivity (Wildman–Crippen MR) is 82.6 cm³/mol.